The summed E-state index contributed by atoms with van der Waals surface area (Å²) in [7, 11) is 0. The average Bonchev–Trinajstić information content (AvgIpc) is 2.85. The van der Waals surface area contributed by atoms with E-state index in [0.717, 1.165) is 13.1 Å². The molecule has 2 atom stereocenters. The van der Waals surface area contributed by atoms with Gasteiger partial charge in [0.2, 0.25) is 0 Å². The second-order valence-electron chi connectivity index (χ2n) is 4.15. The van der Waals surface area contributed by atoms with Crippen LogP contribution in [0.2, 0.25) is 0 Å². The molecule has 1 aromatic rings. The highest BCUT2D eigenvalue weighted by molar-refractivity contribution is 8.06. The fourth-order valence-electron chi connectivity index (χ4n) is 2.10. The summed E-state index contributed by atoms with van der Waals surface area (Å²) in [4.78, 5) is 0. The monoisotopic (exact) mass is 271 g/mol. The van der Waals surface area contributed by atoms with Gasteiger partial charge >= 0.3 is 0 Å². The van der Waals surface area contributed by atoms with Gasteiger partial charge in [0.05, 0.1) is 6.20 Å². The van der Waals surface area contributed by atoms with Crippen molar-refractivity contribution in [2.75, 3.05) is 23.8 Å². The van der Waals surface area contributed by atoms with Crippen LogP contribution in [0.15, 0.2) is 12.4 Å². The SMILES string of the molecule is CCNC(c1cnn(CC)c1)C1CSCCS1. The van der Waals surface area contributed by atoms with E-state index in [1.165, 1.54) is 22.8 Å². The number of aryl methyl sites for hydroxylation is 1. The average molecular weight is 271 g/mol. The van der Waals surface area contributed by atoms with Crippen molar-refractivity contribution in [3.8, 4) is 0 Å². The highest BCUT2D eigenvalue weighted by atomic mass is 32.2. The van der Waals surface area contributed by atoms with Crippen molar-refractivity contribution in [1.82, 2.24) is 15.1 Å². The first-order valence-corrected chi connectivity index (χ1v) is 8.50. The zero-order valence-corrected chi connectivity index (χ0v) is 12.2. The summed E-state index contributed by atoms with van der Waals surface area (Å²) in [5, 5.41) is 8.70. The first kappa shape index (κ1) is 13.3. The predicted octanol–water partition coefficient (Wildman–Crippen LogP) is 2.40. The topological polar surface area (TPSA) is 29.9 Å². The maximum Gasteiger partial charge on any atom is 0.0538 e. The van der Waals surface area contributed by atoms with Crippen molar-refractivity contribution < 1.29 is 0 Å². The molecule has 3 nitrogen and oxygen atoms in total. The Morgan fingerprint density at radius 3 is 3.00 bits per heavy atom. The minimum atomic E-state index is 0.457. The van der Waals surface area contributed by atoms with Crippen LogP contribution < -0.4 is 5.32 Å². The Morgan fingerprint density at radius 2 is 2.41 bits per heavy atom. The maximum absolute atomic E-state index is 4.39. The number of aromatic nitrogens is 2. The van der Waals surface area contributed by atoms with Gasteiger partial charge in [0.1, 0.15) is 0 Å². The van der Waals surface area contributed by atoms with Gasteiger partial charge in [0, 0.05) is 46.9 Å². The van der Waals surface area contributed by atoms with Gasteiger partial charge in [0.15, 0.2) is 0 Å². The molecule has 0 spiro atoms. The van der Waals surface area contributed by atoms with Gasteiger partial charge in [-0.1, -0.05) is 6.92 Å². The molecular formula is C12H21N3S2. The largest absolute Gasteiger partial charge is 0.309 e. The number of hydrogen-bond acceptors (Lipinski definition) is 4. The lowest BCUT2D eigenvalue weighted by Gasteiger charge is -2.29. The van der Waals surface area contributed by atoms with Gasteiger partial charge < -0.3 is 5.32 Å². The van der Waals surface area contributed by atoms with Crippen LogP contribution in [0.5, 0.6) is 0 Å². The first-order chi connectivity index (χ1) is 8.35. The molecule has 17 heavy (non-hydrogen) atoms. The van der Waals surface area contributed by atoms with Crippen LogP contribution in [0.4, 0.5) is 0 Å². The third-order valence-corrected chi connectivity index (χ3v) is 5.84. The smallest absolute Gasteiger partial charge is 0.0538 e. The quantitative estimate of drug-likeness (QED) is 0.890. The van der Waals surface area contributed by atoms with Gasteiger partial charge in [-0.25, -0.2) is 0 Å². The number of hydrogen-bond donors (Lipinski definition) is 1. The zero-order valence-electron chi connectivity index (χ0n) is 10.6. The summed E-state index contributed by atoms with van der Waals surface area (Å²) in [5.74, 6) is 3.83. The van der Waals surface area contributed by atoms with Crippen molar-refractivity contribution >= 4 is 23.5 Å². The molecule has 5 heteroatoms. The van der Waals surface area contributed by atoms with Crippen molar-refractivity contribution in [3.05, 3.63) is 18.0 Å². The Morgan fingerprint density at radius 1 is 1.53 bits per heavy atom. The molecule has 1 aromatic heterocycles. The van der Waals surface area contributed by atoms with Crippen LogP contribution in [0, 0.1) is 0 Å². The van der Waals surface area contributed by atoms with Crippen LogP contribution in [0.1, 0.15) is 25.5 Å². The zero-order chi connectivity index (χ0) is 12.1. The molecule has 0 aliphatic carbocycles. The highest BCUT2D eigenvalue weighted by Crippen LogP contribution is 2.33. The summed E-state index contributed by atoms with van der Waals surface area (Å²) in [6.45, 7) is 6.28. The molecule has 1 N–H and O–H groups in total. The van der Waals surface area contributed by atoms with Crippen molar-refractivity contribution in [3.63, 3.8) is 0 Å². The molecule has 1 fully saturated rings. The second kappa shape index (κ2) is 6.71. The minimum Gasteiger partial charge on any atom is -0.309 e. The summed E-state index contributed by atoms with van der Waals surface area (Å²) in [6.07, 6.45) is 4.21. The van der Waals surface area contributed by atoms with Gasteiger partial charge in [-0.3, -0.25) is 4.68 Å². The molecule has 1 aliphatic rings. The lowest BCUT2D eigenvalue weighted by molar-refractivity contribution is 0.549. The molecule has 2 unspecified atom stereocenters. The van der Waals surface area contributed by atoms with Crippen molar-refractivity contribution in [2.45, 2.75) is 31.7 Å². The molecular weight excluding hydrogens is 250 g/mol. The summed E-state index contributed by atoms with van der Waals surface area (Å²) in [5.41, 5.74) is 1.34. The first-order valence-electron chi connectivity index (χ1n) is 6.30. The number of nitrogens with zero attached hydrogens (tertiary/aromatic N) is 2. The van der Waals surface area contributed by atoms with E-state index >= 15 is 0 Å². The molecule has 1 saturated heterocycles. The Balaban J connectivity index is 2.09. The third-order valence-electron chi connectivity index (χ3n) is 2.97. The van der Waals surface area contributed by atoms with Gasteiger partial charge in [-0.05, 0) is 13.5 Å². The van der Waals surface area contributed by atoms with Gasteiger partial charge in [0.25, 0.3) is 0 Å². The molecule has 2 rings (SSSR count). The van der Waals surface area contributed by atoms with Crippen LogP contribution in [-0.4, -0.2) is 38.8 Å². The van der Waals surface area contributed by atoms with Crippen LogP contribution in [0.3, 0.4) is 0 Å². The molecule has 0 aromatic carbocycles. The van der Waals surface area contributed by atoms with E-state index in [9.17, 15) is 0 Å². The summed E-state index contributed by atoms with van der Waals surface area (Å²) in [6, 6.07) is 0.457. The Kier molecular flexibility index (Phi) is 5.25. The van der Waals surface area contributed by atoms with Crippen LogP contribution in [0.25, 0.3) is 0 Å². The number of rotatable bonds is 5. The summed E-state index contributed by atoms with van der Waals surface area (Å²) < 4.78 is 2.01. The molecule has 0 radical (unpaired) electrons. The van der Waals surface area contributed by atoms with Gasteiger partial charge in [-0.2, -0.15) is 28.6 Å². The molecule has 96 valence electrons. The Hall–Kier alpha value is -0.130. The third kappa shape index (κ3) is 3.42. The maximum atomic E-state index is 4.39. The predicted molar refractivity (Wildman–Crippen MR) is 77.9 cm³/mol. The van der Waals surface area contributed by atoms with E-state index in [1.807, 2.05) is 10.9 Å². The van der Waals surface area contributed by atoms with Crippen LogP contribution in [-0.2, 0) is 6.54 Å². The molecule has 0 saturated carbocycles. The number of thioether (sulfide) groups is 2. The van der Waals surface area contributed by atoms with E-state index < -0.39 is 0 Å². The van der Waals surface area contributed by atoms with E-state index in [1.54, 1.807) is 0 Å². The fourth-order valence-corrected chi connectivity index (χ4v) is 4.97. The molecule has 2 heterocycles. The van der Waals surface area contributed by atoms with E-state index in [2.05, 4.69) is 54.0 Å². The van der Waals surface area contributed by atoms with E-state index in [0.29, 0.717) is 11.3 Å². The fraction of sp³-hybridized carbons (Fsp3) is 0.750. The molecule has 0 amide bonds. The lowest BCUT2D eigenvalue weighted by Crippen LogP contribution is -2.33. The standard InChI is InChI=1S/C12H21N3S2/c1-3-13-12(11-9-16-5-6-17-11)10-7-14-15(4-2)8-10/h7-8,11-13H,3-6,9H2,1-2H3. The Labute approximate surface area is 112 Å². The van der Waals surface area contributed by atoms with Crippen molar-refractivity contribution in [2.24, 2.45) is 0 Å². The van der Waals surface area contributed by atoms with E-state index in [-0.39, 0.29) is 0 Å². The highest BCUT2D eigenvalue weighted by Gasteiger charge is 2.26. The molecule has 0 bridgehead atoms. The van der Waals surface area contributed by atoms with Gasteiger partial charge in [-0.15, -0.1) is 0 Å². The normalized spacial score (nSPS) is 22.6. The number of nitrogens with one attached hydrogen (secondary N) is 1. The Bertz CT molecular complexity index is 334. The van der Waals surface area contributed by atoms with Crippen LogP contribution >= 0.6 is 23.5 Å². The van der Waals surface area contributed by atoms with Crippen molar-refractivity contribution in [1.29, 1.82) is 0 Å². The minimum absolute atomic E-state index is 0.457. The second-order valence-corrected chi connectivity index (χ2v) is 6.65. The lowest BCUT2D eigenvalue weighted by atomic mass is 10.1. The molecule has 1 aliphatic heterocycles. The van der Waals surface area contributed by atoms with E-state index in [4.69, 9.17) is 0 Å². The summed E-state index contributed by atoms with van der Waals surface area (Å²) >= 11 is 4.18.